The van der Waals surface area contributed by atoms with Gasteiger partial charge in [0, 0.05) is 18.8 Å². The molecule has 1 heterocycles. The molecule has 6 nitrogen and oxygen atoms in total. The fourth-order valence-corrected chi connectivity index (χ4v) is 2.89. The average Bonchev–Trinajstić information content (AvgIpc) is 2.40. The molecule has 0 unspecified atom stereocenters. The van der Waals surface area contributed by atoms with E-state index in [9.17, 15) is 8.42 Å². The molecule has 0 saturated heterocycles. The molecule has 0 aliphatic rings. The molecule has 0 aliphatic carbocycles. The van der Waals surface area contributed by atoms with Crippen LogP contribution in [0.1, 0.15) is 26.7 Å². The van der Waals surface area contributed by atoms with Crippen LogP contribution >= 0.6 is 11.6 Å². The second-order valence-electron chi connectivity index (χ2n) is 5.22. The Hall–Kier alpha value is -0.890. The molecule has 120 valence electrons. The number of rotatable bonds is 8. The number of anilines is 1. The molecule has 0 bridgehead atoms. The smallest absolute Gasteiger partial charge is 0.242 e. The fraction of sp³-hybridized carbons (Fsp3) is 0.615. The summed E-state index contributed by atoms with van der Waals surface area (Å²) in [6, 6.07) is 1.79. The van der Waals surface area contributed by atoms with Crippen LogP contribution in [0.15, 0.2) is 17.2 Å². The van der Waals surface area contributed by atoms with Crippen molar-refractivity contribution in [3.63, 3.8) is 0 Å². The molecule has 1 rings (SSSR count). The molecule has 0 aliphatic heterocycles. The van der Waals surface area contributed by atoms with Crippen molar-refractivity contribution in [3.8, 4) is 0 Å². The van der Waals surface area contributed by atoms with E-state index < -0.39 is 10.0 Å². The van der Waals surface area contributed by atoms with Crippen LogP contribution in [0.4, 0.5) is 5.82 Å². The first-order valence-corrected chi connectivity index (χ1v) is 8.71. The first-order valence-electron chi connectivity index (χ1n) is 6.85. The van der Waals surface area contributed by atoms with Crippen molar-refractivity contribution in [2.45, 2.75) is 37.6 Å². The van der Waals surface area contributed by atoms with Crippen LogP contribution in [0.3, 0.4) is 0 Å². The lowest BCUT2D eigenvalue weighted by Gasteiger charge is -2.20. The van der Waals surface area contributed by atoms with Crippen LogP contribution in [-0.2, 0) is 10.0 Å². The standard InChI is InChI=1S/C13H23ClN4O2S/c1-10(2)18(3)7-5-4-6-17-21(19,20)11-8-12(14)13(15)16-9-11/h8-10,17H,4-7H2,1-3H3,(H2,15,16). The number of sulfonamides is 1. The molecule has 0 fully saturated rings. The summed E-state index contributed by atoms with van der Waals surface area (Å²) in [5.41, 5.74) is 5.46. The van der Waals surface area contributed by atoms with E-state index in [-0.39, 0.29) is 15.7 Å². The lowest BCUT2D eigenvalue weighted by molar-refractivity contribution is 0.268. The van der Waals surface area contributed by atoms with E-state index in [1.54, 1.807) is 0 Å². The van der Waals surface area contributed by atoms with Crippen molar-refractivity contribution in [1.82, 2.24) is 14.6 Å². The largest absolute Gasteiger partial charge is 0.382 e. The van der Waals surface area contributed by atoms with Gasteiger partial charge in [-0.05, 0) is 46.3 Å². The minimum atomic E-state index is -3.58. The number of nitrogens with two attached hydrogens (primary N) is 1. The van der Waals surface area contributed by atoms with Gasteiger partial charge in [0.2, 0.25) is 10.0 Å². The number of hydrogen-bond acceptors (Lipinski definition) is 5. The van der Waals surface area contributed by atoms with Crippen molar-refractivity contribution in [3.05, 3.63) is 17.3 Å². The van der Waals surface area contributed by atoms with Crippen molar-refractivity contribution >= 4 is 27.4 Å². The lowest BCUT2D eigenvalue weighted by Crippen LogP contribution is -2.29. The van der Waals surface area contributed by atoms with Crippen LogP contribution in [0.2, 0.25) is 5.02 Å². The van der Waals surface area contributed by atoms with Crippen molar-refractivity contribution < 1.29 is 8.42 Å². The Kier molecular flexibility index (Phi) is 6.86. The van der Waals surface area contributed by atoms with Crippen LogP contribution in [0, 0.1) is 0 Å². The van der Waals surface area contributed by atoms with Crippen LogP contribution < -0.4 is 10.5 Å². The van der Waals surface area contributed by atoms with Crippen LogP contribution in [-0.4, -0.2) is 44.5 Å². The van der Waals surface area contributed by atoms with Crippen LogP contribution in [0.5, 0.6) is 0 Å². The molecular formula is C13H23ClN4O2S. The summed E-state index contributed by atoms with van der Waals surface area (Å²) < 4.78 is 26.6. The number of halogens is 1. The summed E-state index contributed by atoms with van der Waals surface area (Å²) in [5, 5.41) is 0.136. The maximum absolute atomic E-state index is 12.0. The minimum Gasteiger partial charge on any atom is -0.382 e. The van der Waals surface area contributed by atoms with E-state index in [0.29, 0.717) is 12.6 Å². The lowest BCUT2D eigenvalue weighted by atomic mass is 10.2. The molecule has 21 heavy (non-hydrogen) atoms. The summed E-state index contributed by atoms with van der Waals surface area (Å²) in [7, 11) is -1.53. The van der Waals surface area contributed by atoms with Gasteiger partial charge in [0.1, 0.15) is 10.7 Å². The summed E-state index contributed by atoms with van der Waals surface area (Å²) in [6.45, 7) is 5.58. The topological polar surface area (TPSA) is 88.3 Å². The van der Waals surface area contributed by atoms with Gasteiger partial charge in [0.25, 0.3) is 0 Å². The molecule has 8 heteroatoms. The van der Waals surface area contributed by atoms with Gasteiger partial charge in [-0.1, -0.05) is 11.6 Å². The fourth-order valence-electron chi connectivity index (χ4n) is 1.61. The van der Waals surface area contributed by atoms with Gasteiger partial charge in [0.05, 0.1) is 5.02 Å². The first-order chi connectivity index (χ1) is 9.74. The van der Waals surface area contributed by atoms with Gasteiger partial charge in [-0.15, -0.1) is 0 Å². The third kappa shape index (κ3) is 5.78. The predicted octanol–water partition coefficient (Wildman–Crippen LogP) is 1.72. The molecule has 0 atom stereocenters. The summed E-state index contributed by atoms with van der Waals surface area (Å²) in [4.78, 5) is 6.00. The van der Waals surface area contributed by atoms with Crippen LogP contribution in [0.25, 0.3) is 0 Å². The van der Waals surface area contributed by atoms with E-state index in [4.69, 9.17) is 17.3 Å². The Morgan fingerprint density at radius 1 is 1.43 bits per heavy atom. The summed E-state index contributed by atoms with van der Waals surface area (Å²) >= 11 is 5.78. The maximum atomic E-state index is 12.0. The molecule has 1 aromatic heterocycles. The zero-order valence-electron chi connectivity index (χ0n) is 12.6. The van der Waals surface area contributed by atoms with Gasteiger partial charge in [-0.25, -0.2) is 18.1 Å². The number of nitrogens with zero attached hydrogens (tertiary/aromatic N) is 2. The van der Waals surface area contributed by atoms with Gasteiger partial charge in [-0.2, -0.15) is 0 Å². The zero-order chi connectivity index (χ0) is 16.0. The quantitative estimate of drug-likeness (QED) is 0.707. The normalized spacial score (nSPS) is 12.3. The van der Waals surface area contributed by atoms with Crippen molar-refractivity contribution in [2.75, 3.05) is 25.9 Å². The van der Waals surface area contributed by atoms with Gasteiger partial charge in [-0.3, -0.25) is 0 Å². The highest BCUT2D eigenvalue weighted by Gasteiger charge is 2.15. The van der Waals surface area contributed by atoms with E-state index in [1.165, 1.54) is 12.3 Å². The number of nitrogen functional groups attached to an aromatic ring is 1. The van der Waals surface area contributed by atoms with Gasteiger partial charge in [0.15, 0.2) is 0 Å². The number of hydrogen-bond donors (Lipinski definition) is 2. The molecule has 1 aromatic rings. The average molecular weight is 335 g/mol. The highest BCUT2D eigenvalue weighted by molar-refractivity contribution is 7.89. The van der Waals surface area contributed by atoms with Crippen molar-refractivity contribution in [1.29, 1.82) is 0 Å². The second kappa shape index (κ2) is 7.93. The molecular weight excluding hydrogens is 312 g/mol. The Labute approximate surface area is 131 Å². The Balaban J connectivity index is 2.45. The Bertz CT molecular complexity index is 563. The molecule has 0 spiro atoms. The van der Waals surface area contributed by atoms with E-state index >= 15 is 0 Å². The van der Waals surface area contributed by atoms with E-state index in [1.807, 2.05) is 0 Å². The third-order valence-electron chi connectivity index (χ3n) is 3.27. The van der Waals surface area contributed by atoms with Crippen molar-refractivity contribution in [2.24, 2.45) is 0 Å². The number of unbranched alkanes of at least 4 members (excludes halogenated alkanes) is 1. The number of aromatic nitrogens is 1. The van der Waals surface area contributed by atoms with Gasteiger partial charge >= 0.3 is 0 Å². The summed E-state index contributed by atoms with van der Waals surface area (Å²) in [5.74, 6) is 0.118. The van der Waals surface area contributed by atoms with E-state index in [0.717, 1.165) is 19.4 Å². The molecule has 0 radical (unpaired) electrons. The minimum absolute atomic E-state index is 0.0287. The molecule has 0 amide bonds. The summed E-state index contributed by atoms with van der Waals surface area (Å²) in [6.07, 6.45) is 2.90. The highest BCUT2D eigenvalue weighted by atomic mass is 35.5. The van der Waals surface area contributed by atoms with E-state index in [2.05, 4.69) is 35.5 Å². The monoisotopic (exact) mass is 334 g/mol. The SMILES string of the molecule is CC(C)N(C)CCCCNS(=O)(=O)c1cnc(N)c(Cl)c1. The first kappa shape index (κ1) is 18.2. The Morgan fingerprint density at radius 2 is 2.10 bits per heavy atom. The second-order valence-corrected chi connectivity index (χ2v) is 7.39. The number of pyridine rings is 1. The Morgan fingerprint density at radius 3 is 2.67 bits per heavy atom. The van der Waals surface area contributed by atoms with Gasteiger partial charge < -0.3 is 10.6 Å². The number of nitrogens with one attached hydrogen (secondary N) is 1. The highest BCUT2D eigenvalue weighted by Crippen LogP contribution is 2.19. The third-order valence-corrected chi connectivity index (χ3v) is 5.00. The molecule has 0 saturated carbocycles. The predicted molar refractivity (Wildman–Crippen MR) is 85.8 cm³/mol. The molecule has 3 N–H and O–H groups in total. The molecule has 0 aromatic carbocycles. The maximum Gasteiger partial charge on any atom is 0.242 e. The zero-order valence-corrected chi connectivity index (χ0v) is 14.2.